The van der Waals surface area contributed by atoms with Gasteiger partial charge in [0.25, 0.3) is 0 Å². The van der Waals surface area contributed by atoms with Crippen LogP contribution >= 0.6 is 0 Å². The molecule has 0 unspecified atom stereocenters. The molecule has 0 bridgehead atoms. The summed E-state index contributed by atoms with van der Waals surface area (Å²) in [6, 6.07) is 6.68. The van der Waals surface area contributed by atoms with Crippen LogP contribution in [0.3, 0.4) is 0 Å². The Hall–Kier alpha value is -3.48. The van der Waals surface area contributed by atoms with E-state index in [1.807, 2.05) is 0 Å². The number of nitrogens with one attached hydrogen (secondary N) is 1. The lowest BCUT2D eigenvalue weighted by Crippen LogP contribution is -2.31. The molecule has 5 rings (SSSR count). The molecule has 8 nitrogen and oxygen atoms in total. The molecular formula is C26H30N6O2. The van der Waals surface area contributed by atoms with Crippen LogP contribution < -0.4 is 5.32 Å². The van der Waals surface area contributed by atoms with Crippen molar-refractivity contribution in [3.05, 3.63) is 65.1 Å². The molecule has 34 heavy (non-hydrogen) atoms. The maximum atomic E-state index is 8.12. The van der Waals surface area contributed by atoms with Crippen molar-refractivity contribution in [2.45, 2.75) is 45.4 Å². The van der Waals surface area contributed by atoms with Gasteiger partial charge in [0.1, 0.15) is 11.6 Å². The second-order valence-electron chi connectivity index (χ2n) is 8.79. The number of aromatic nitrogens is 4. The molecular weight excluding hydrogens is 428 g/mol. The molecule has 3 aromatic rings. The predicted molar refractivity (Wildman–Crippen MR) is 128 cm³/mol. The van der Waals surface area contributed by atoms with Crippen molar-refractivity contribution in [3.63, 3.8) is 0 Å². The van der Waals surface area contributed by atoms with Gasteiger partial charge in [-0.1, -0.05) is 30.2 Å². The SMILES string of the molecule is Cc1ccc2c(c1)Cc1nc(Cc3cnccn3)nc(NCCCN3CCCCC3)c1-2.O=C=O. The molecule has 0 saturated carbocycles. The third-order valence-electron chi connectivity index (χ3n) is 6.27. The zero-order chi connectivity index (χ0) is 23.8. The van der Waals surface area contributed by atoms with E-state index in [4.69, 9.17) is 19.6 Å². The number of hydrogen-bond acceptors (Lipinski definition) is 8. The summed E-state index contributed by atoms with van der Waals surface area (Å²) in [6.45, 7) is 6.72. The van der Waals surface area contributed by atoms with E-state index in [0.717, 1.165) is 49.0 Å². The number of carbonyl (C=O) groups excluding carboxylic acids is 2. The smallest absolute Gasteiger partial charge is 0.369 e. The van der Waals surface area contributed by atoms with Crippen molar-refractivity contribution in [3.8, 4) is 11.1 Å². The van der Waals surface area contributed by atoms with Crippen LogP contribution in [0.4, 0.5) is 5.82 Å². The Morgan fingerprint density at radius 1 is 1.09 bits per heavy atom. The molecule has 1 saturated heterocycles. The molecule has 176 valence electrons. The highest BCUT2D eigenvalue weighted by Crippen LogP contribution is 2.40. The van der Waals surface area contributed by atoms with E-state index >= 15 is 0 Å². The predicted octanol–water partition coefficient (Wildman–Crippen LogP) is 3.44. The lowest BCUT2D eigenvalue weighted by atomic mass is 10.0. The summed E-state index contributed by atoms with van der Waals surface area (Å²) in [7, 11) is 0. The van der Waals surface area contributed by atoms with Crippen LogP contribution in [-0.4, -0.2) is 57.2 Å². The Morgan fingerprint density at radius 3 is 2.68 bits per heavy atom. The number of hydrogen-bond donors (Lipinski definition) is 1. The van der Waals surface area contributed by atoms with Crippen molar-refractivity contribution in [2.24, 2.45) is 0 Å². The van der Waals surface area contributed by atoms with Gasteiger partial charge >= 0.3 is 6.15 Å². The summed E-state index contributed by atoms with van der Waals surface area (Å²) >= 11 is 0. The minimum absolute atomic E-state index is 0.250. The fourth-order valence-electron chi connectivity index (χ4n) is 4.74. The molecule has 2 aromatic heterocycles. The standard InChI is InChI=1S/C25H30N6.CO2/c1-18-6-7-21-19(14-18)15-22-24(21)25(28-8-5-13-31-11-3-2-4-12-31)30-23(29-22)16-20-17-26-9-10-27-20;2-1-3/h6-7,9-10,14,17H,2-5,8,11-13,15-16H2,1H3,(H,28,29,30);. The van der Waals surface area contributed by atoms with Crippen molar-refractivity contribution >= 4 is 12.0 Å². The Morgan fingerprint density at radius 2 is 1.91 bits per heavy atom. The van der Waals surface area contributed by atoms with E-state index in [1.54, 1.807) is 18.6 Å². The van der Waals surface area contributed by atoms with E-state index < -0.39 is 0 Å². The number of nitrogens with zero attached hydrogens (tertiary/aromatic N) is 5. The van der Waals surface area contributed by atoms with Gasteiger partial charge in [-0.15, -0.1) is 0 Å². The van der Waals surface area contributed by atoms with Gasteiger partial charge in [0, 0.05) is 37.1 Å². The topological polar surface area (TPSA) is 101 Å². The number of likely N-dealkylation sites (tertiary alicyclic amines) is 1. The molecule has 0 radical (unpaired) electrons. The van der Waals surface area contributed by atoms with Crippen LogP contribution in [0.25, 0.3) is 11.1 Å². The Balaban J connectivity index is 0.000000868. The minimum atomic E-state index is 0.250. The molecule has 0 spiro atoms. The summed E-state index contributed by atoms with van der Waals surface area (Å²) in [5.74, 6) is 1.77. The quantitative estimate of drug-likeness (QED) is 0.420. The van der Waals surface area contributed by atoms with Gasteiger partial charge in [0.15, 0.2) is 0 Å². The average Bonchev–Trinajstić information content (AvgIpc) is 3.21. The van der Waals surface area contributed by atoms with E-state index in [-0.39, 0.29) is 6.15 Å². The summed E-state index contributed by atoms with van der Waals surface area (Å²) in [5.41, 5.74) is 7.09. The monoisotopic (exact) mass is 458 g/mol. The van der Waals surface area contributed by atoms with Crippen LogP contribution in [0.1, 0.15) is 54.0 Å². The molecule has 1 aliphatic carbocycles. The van der Waals surface area contributed by atoms with Gasteiger partial charge in [0.05, 0.1) is 17.8 Å². The summed E-state index contributed by atoms with van der Waals surface area (Å²) in [6.07, 6.45) is 12.1. The first-order chi connectivity index (χ1) is 16.7. The van der Waals surface area contributed by atoms with Crippen LogP contribution in [-0.2, 0) is 22.4 Å². The number of piperidine rings is 1. The van der Waals surface area contributed by atoms with Gasteiger partial charge < -0.3 is 10.2 Å². The van der Waals surface area contributed by atoms with E-state index in [0.29, 0.717) is 6.42 Å². The van der Waals surface area contributed by atoms with Crippen LogP contribution in [0.2, 0.25) is 0 Å². The molecule has 8 heteroatoms. The number of aryl methyl sites for hydroxylation is 1. The second-order valence-corrected chi connectivity index (χ2v) is 8.79. The van der Waals surface area contributed by atoms with E-state index in [2.05, 4.69) is 45.3 Å². The highest BCUT2D eigenvalue weighted by Gasteiger charge is 2.25. The maximum Gasteiger partial charge on any atom is 0.373 e. The fraction of sp³-hybridized carbons (Fsp3) is 0.423. The maximum absolute atomic E-state index is 8.12. The highest BCUT2D eigenvalue weighted by molar-refractivity contribution is 5.84. The number of rotatable bonds is 7. The molecule has 0 atom stereocenters. The zero-order valence-corrected chi connectivity index (χ0v) is 19.6. The van der Waals surface area contributed by atoms with Gasteiger partial charge in [0.2, 0.25) is 0 Å². The normalized spacial score (nSPS) is 14.4. The fourth-order valence-corrected chi connectivity index (χ4v) is 4.74. The number of fused-ring (bicyclic) bond motifs is 3. The molecule has 1 fully saturated rings. The van der Waals surface area contributed by atoms with E-state index in [1.165, 1.54) is 54.6 Å². The van der Waals surface area contributed by atoms with Gasteiger partial charge in [-0.25, -0.2) is 9.97 Å². The second kappa shape index (κ2) is 11.6. The lowest BCUT2D eigenvalue weighted by molar-refractivity contribution is -0.191. The lowest BCUT2D eigenvalue weighted by Gasteiger charge is -2.26. The first kappa shape index (κ1) is 23.7. The Bertz CT molecular complexity index is 1140. The van der Waals surface area contributed by atoms with Crippen molar-refractivity contribution in [2.75, 3.05) is 31.5 Å². The van der Waals surface area contributed by atoms with E-state index in [9.17, 15) is 0 Å². The molecule has 1 aliphatic heterocycles. The van der Waals surface area contributed by atoms with Gasteiger partial charge in [-0.3, -0.25) is 9.97 Å². The molecule has 1 aromatic carbocycles. The summed E-state index contributed by atoms with van der Waals surface area (Å²) in [4.78, 5) is 37.3. The van der Waals surface area contributed by atoms with Crippen molar-refractivity contribution in [1.82, 2.24) is 24.8 Å². The third kappa shape index (κ3) is 5.90. The average molecular weight is 459 g/mol. The van der Waals surface area contributed by atoms with Crippen LogP contribution in [0.5, 0.6) is 0 Å². The van der Waals surface area contributed by atoms with Gasteiger partial charge in [-0.05, 0) is 56.9 Å². The third-order valence-corrected chi connectivity index (χ3v) is 6.27. The summed E-state index contributed by atoms with van der Waals surface area (Å²) < 4.78 is 0. The largest absolute Gasteiger partial charge is 0.373 e. The van der Waals surface area contributed by atoms with Crippen molar-refractivity contribution < 1.29 is 9.59 Å². The molecule has 0 amide bonds. The number of anilines is 1. The first-order valence-corrected chi connectivity index (χ1v) is 11.9. The number of benzene rings is 1. The highest BCUT2D eigenvalue weighted by atomic mass is 16.2. The Labute approximate surface area is 199 Å². The molecule has 2 aliphatic rings. The zero-order valence-electron chi connectivity index (χ0n) is 19.6. The molecule has 1 N–H and O–H groups in total. The van der Waals surface area contributed by atoms with Gasteiger partial charge in [-0.2, -0.15) is 9.59 Å². The molecule has 3 heterocycles. The first-order valence-electron chi connectivity index (χ1n) is 11.9. The summed E-state index contributed by atoms with van der Waals surface area (Å²) in [5, 5.41) is 3.65. The minimum Gasteiger partial charge on any atom is -0.369 e. The Kier molecular flexibility index (Phi) is 8.07. The van der Waals surface area contributed by atoms with Crippen LogP contribution in [0.15, 0.2) is 36.8 Å². The van der Waals surface area contributed by atoms with Crippen molar-refractivity contribution in [1.29, 1.82) is 0 Å². The van der Waals surface area contributed by atoms with Crippen LogP contribution in [0, 0.1) is 6.92 Å².